The SMILES string of the molecule is NC(=O)c1ccc(-c2cccc(NC(=O)C3(c4ccc5c(c4)OCO5)CC3)c2)cc1.[HH]. The molecule has 0 spiro atoms. The molecule has 0 unspecified atom stereocenters. The predicted molar refractivity (Wildman–Crippen MR) is 115 cm³/mol. The third-order valence-electron chi connectivity index (χ3n) is 5.73. The number of nitrogens with two attached hydrogens (primary N) is 1. The highest BCUT2D eigenvalue weighted by Crippen LogP contribution is 2.51. The van der Waals surface area contributed by atoms with E-state index in [9.17, 15) is 9.59 Å². The number of nitrogens with one attached hydrogen (secondary N) is 1. The minimum Gasteiger partial charge on any atom is -0.454 e. The molecule has 30 heavy (non-hydrogen) atoms. The third kappa shape index (κ3) is 3.16. The van der Waals surface area contributed by atoms with E-state index in [-0.39, 0.29) is 14.1 Å². The predicted octanol–water partition coefficient (Wildman–Crippen LogP) is 4.10. The molecule has 0 aromatic heterocycles. The fraction of sp³-hybridized carbons (Fsp3) is 0.167. The quantitative estimate of drug-likeness (QED) is 0.672. The number of carbonyl (C=O) groups excluding carboxylic acids is 2. The fourth-order valence-electron chi connectivity index (χ4n) is 3.82. The lowest BCUT2D eigenvalue weighted by atomic mass is 9.94. The third-order valence-corrected chi connectivity index (χ3v) is 5.73. The maximum atomic E-state index is 13.1. The summed E-state index contributed by atoms with van der Waals surface area (Å²) in [7, 11) is 0. The first-order valence-electron chi connectivity index (χ1n) is 9.77. The molecule has 1 aliphatic heterocycles. The van der Waals surface area contributed by atoms with E-state index in [1.54, 1.807) is 12.1 Å². The van der Waals surface area contributed by atoms with E-state index in [2.05, 4.69) is 5.32 Å². The van der Waals surface area contributed by atoms with Crippen LogP contribution in [0.2, 0.25) is 0 Å². The zero-order valence-corrected chi connectivity index (χ0v) is 16.2. The average Bonchev–Trinajstić information content (AvgIpc) is 3.45. The standard InChI is InChI=1S/C24H20N2O4.H2/c25-22(27)16-6-4-15(5-7-16)17-2-1-3-19(12-17)26-23(28)24(10-11-24)18-8-9-20-21(13-18)30-14-29-20;/h1-9,12-13H,10-11,14H2,(H2,25,27)(H,26,28);1H. The van der Waals surface area contributed by atoms with Crippen LogP contribution in [0.4, 0.5) is 5.69 Å². The molecule has 1 heterocycles. The van der Waals surface area contributed by atoms with Gasteiger partial charge < -0.3 is 20.5 Å². The molecule has 1 saturated carbocycles. The maximum absolute atomic E-state index is 13.1. The fourth-order valence-corrected chi connectivity index (χ4v) is 3.82. The van der Waals surface area contributed by atoms with Gasteiger partial charge in [-0.2, -0.15) is 0 Å². The summed E-state index contributed by atoms with van der Waals surface area (Å²) >= 11 is 0. The van der Waals surface area contributed by atoms with Gasteiger partial charge in [-0.1, -0.05) is 30.3 Å². The van der Waals surface area contributed by atoms with E-state index in [0.717, 1.165) is 35.2 Å². The lowest BCUT2D eigenvalue weighted by Crippen LogP contribution is -2.27. The van der Waals surface area contributed by atoms with Gasteiger partial charge >= 0.3 is 0 Å². The maximum Gasteiger partial charge on any atom is 0.248 e. The molecule has 6 nitrogen and oxygen atoms in total. The summed E-state index contributed by atoms with van der Waals surface area (Å²) in [5.74, 6) is 0.918. The molecule has 3 aromatic carbocycles. The molecule has 0 bridgehead atoms. The van der Waals surface area contributed by atoms with Crippen LogP contribution in [0.5, 0.6) is 11.5 Å². The molecular weight excluding hydrogens is 380 g/mol. The van der Waals surface area contributed by atoms with E-state index < -0.39 is 11.3 Å². The largest absolute Gasteiger partial charge is 0.454 e. The summed E-state index contributed by atoms with van der Waals surface area (Å²) in [5, 5.41) is 3.07. The molecule has 1 fully saturated rings. The normalized spacial score (nSPS) is 15.5. The Labute approximate surface area is 175 Å². The van der Waals surface area contributed by atoms with Crippen molar-refractivity contribution in [3.8, 4) is 22.6 Å². The van der Waals surface area contributed by atoms with Crippen LogP contribution in [0.3, 0.4) is 0 Å². The Bertz CT molecular complexity index is 1160. The number of rotatable bonds is 5. The number of fused-ring (bicyclic) bond motifs is 1. The van der Waals surface area contributed by atoms with Gasteiger partial charge in [0, 0.05) is 12.7 Å². The van der Waals surface area contributed by atoms with Crippen molar-refractivity contribution in [2.24, 2.45) is 5.73 Å². The lowest BCUT2D eigenvalue weighted by Gasteiger charge is -2.17. The van der Waals surface area contributed by atoms with Crippen LogP contribution >= 0.6 is 0 Å². The van der Waals surface area contributed by atoms with Crippen molar-refractivity contribution in [2.45, 2.75) is 18.3 Å². The molecule has 1 aliphatic carbocycles. The molecular formula is C24H22N2O4. The highest BCUT2D eigenvalue weighted by molar-refractivity contribution is 6.02. The first-order valence-corrected chi connectivity index (χ1v) is 9.77. The van der Waals surface area contributed by atoms with Gasteiger partial charge in [-0.15, -0.1) is 0 Å². The van der Waals surface area contributed by atoms with Crippen LogP contribution in [-0.2, 0) is 10.2 Å². The van der Waals surface area contributed by atoms with Crippen molar-refractivity contribution >= 4 is 17.5 Å². The van der Waals surface area contributed by atoms with Gasteiger partial charge in [-0.25, -0.2) is 0 Å². The Balaban J connectivity index is 0.00000231. The zero-order chi connectivity index (χ0) is 20.7. The molecule has 5 rings (SSSR count). The van der Waals surface area contributed by atoms with Gasteiger partial charge in [0.15, 0.2) is 11.5 Å². The summed E-state index contributed by atoms with van der Waals surface area (Å²) in [6, 6.07) is 20.4. The number of amides is 2. The molecule has 6 heteroatoms. The van der Waals surface area contributed by atoms with E-state index in [1.165, 1.54) is 0 Å². The molecule has 0 radical (unpaired) electrons. The first kappa shape index (κ1) is 18.2. The van der Waals surface area contributed by atoms with Crippen molar-refractivity contribution in [3.05, 3.63) is 77.9 Å². The van der Waals surface area contributed by atoms with Crippen molar-refractivity contribution < 1.29 is 20.5 Å². The van der Waals surface area contributed by atoms with Gasteiger partial charge in [0.1, 0.15) is 0 Å². The number of primary amides is 1. The van der Waals surface area contributed by atoms with E-state index in [1.807, 2.05) is 54.6 Å². The van der Waals surface area contributed by atoms with E-state index >= 15 is 0 Å². The number of hydrogen-bond donors (Lipinski definition) is 2. The Morgan fingerprint density at radius 3 is 2.40 bits per heavy atom. The van der Waals surface area contributed by atoms with Crippen LogP contribution in [-0.4, -0.2) is 18.6 Å². The van der Waals surface area contributed by atoms with Crippen LogP contribution in [0.25, 0.3) is 11.1 Å². The molecule has 0 atom stereocenters. The molecule has 2 amide bonds. The molecule has 0 saturated heterocycles. The average molecular weight is 402 g/mol. The second-order valence-corrected chi connectivity index (χ2v) is 7.63. The topological polar surface area (TPSA) is 90.7 Å². The zero-order valence-electron chi connectivity index (χ0n) is 16.2. The Morgan fingerprint density at radius 2 is 1.67 bits per heavy atom. The minimum absolute atomic E-state index is 0. The Hall–Kier alpha value is -3.80. The van der Waals surface area contributed by atoms with Gasteiger partial charge in [-0.05, 0) is 65.9 Å². The van der Waals surface area contributed by atoms with Crippen molar-refractivity contribution in [1.29, 1.82) is 0 Å². The molecule has 3 N–H and O–H groups in total. The Kier molecular flexibility index (Phi) is 4.20. The van der Waals surface area contributed by atoms with Crippen molar-refractivity contribution in [1.82, 2.24) is 0 Å². The van der Waals surface area contributed by atoms with Gasteiger partial charge in [0.2, 0.25) is 18.6 Å². The summed E-state index contributed by atoms with van der Waals surface area (Å²) in [6.07, 6.45) is 1.60. The second kappa shape index (κ2) is 6.91. The first-order chi connectivity index (χ1) is 14.5. The summed E-state index contributed by atoms with van der Waals surface area (Å²) in [4.78, 5) is 24.4. The highest BCUT2D eigenvalue weighted by Gasteiger charge is 2.51. The number of ether oxygens (including phenoxy) is 2. The van der Waals surface area contributed by atoms with Gasteiger partial charge in [0.25, 0.3) is 0 Å². The monoisotopic (exact) mass is 402 g/mol. The number of anilines is 1. The smallest absolute Gasteiger partial charge is 0.248 e. The number of carbonyl (C=O) groups is 2. The Morgan fingerprint density at radius 1 is 0.900 bits per heavy atom. The highest BCUT2D eigenvalue weighted by atomic mass is 16.7. The van der Waals surface area contributed by atoms with Gasteiger partial charge in [-0.3, -0.25) is 9.59 Å². The second-order valence-electron chi connectivity index (χ2n) is 7.63. The van der Waals surface area contributed by atoms with Crippen molar-refractivity contribution in [2.75, 3.05) is 12.1 Å². The van der Waals surface area contributed by atoms with Gasteiger partial charge in [0.05, 0.1) is 5.41 Å². The molecule has 152 valence electrons. The van der Waals surface area contributed by atoms with Crippen LogP contribution in [0.1, 0.15) is 30.2 Å². The number of benzene rings is 3. The van der Waals surface area contributed by atoms with Crippen LogP contribution in [0, 0.1) is 0 Å². The van der Waals surface area contributed by atoms with E-state index in [4.69, 9.17) is 15.2 Å². The minimum atomic E-state index is -0.528. The van der Waals surface area contributed by atoms with Crippen LogP contribution < -0.4 is 20.5 Å². The summed E-state index contributed by atoms with van der Waals surface area (Å²) in [5.41, 5.74) is 8.79. The summed E-state index contributed by atoms with van der Waals surface area (Å²) < 4.78 is 10.8. The van der Waals surface area contributed by atoms with Crippen molar-refractivity contribution in [3.63, 3.8) is 0 Å². The van der Waals surface area contributed by atoms with Crippen LogP contribution in [0.15, 0.2) is 66.7 Å². The van der Waals surface area contributed by atoms with E-state index in [0.29, 0.717) is 17.1 Å². The molecule has 3 aromatic rings. The lowest BCUT2D eigenvalue weighted by molar-refractivity contribution is -0.118. The summed E-state index contributed by atoms with van der Waals surface area (Å²) in [6.45, 7) is 0.213. The molecule has 2 aliphatic rings. The number of hydrogen-bond acceptors (Lipinski definition) is 4.